The van der Waals surface area contributed by atoms with E-state index in [0.29, 0.717) is 11.7 Å². The number of thioether (sulfide) groups is 1. The molecule has 3 aromatic rings. The highest BCUT2D eigenvalue weighted by molar-refractivity contribution is 7.99. The number of likely N-dealkylation sites (tertiary alicyclic amines) is 1. The summed E-state index contributed by atoms with van der Waals surface area (Å²) in [6, 6.07) is 9.16. The summed E-state index contributed by atoms with van der Waals surface area (Å²) < 4.78 is 42.0. The molecule has 5 rings (SSSR count). The fourth-order valence-corrected chi connectivity index (χ4v) is 6.02. The molecule has 1 saturated carbocycles. The van der Waals surface area contributed by atoms with Gasteiger partial charge in [-0.25, -0.2) is 0 Å². The minimum Gasteiger partial charge on any atom is -0.319 e. The number of aromatic nitrogens is 4. The molecule has 0 bridgehead atoms. The predicted molar refractivity (Wildman–Crippen MR) is 129 cm³/mol. The first-order valence-electron chi connectivity index (χ1n) is 11.8. The van der Waals surface area contributed by atoms with E-state index in [2.05, 4.69) is 15.1 Å². The Morgan fingerprint density at radius 1 is 1.14 bits per heavy atom. The fourth-order valence-electron chi connectivity index (χ4n) is 5.18. The summed E-state index contributed by atoms with van der Waals surface area (Å²) in [7, 11) is 3.62. The van der Waals surface area contributed by atoms with E-state index >= 15 is 0 Å². The lowest BCUT2D eigenvalue weighted by molar-refractivity contribution is -0.137. The van der Waals surface area contributed by atoms with E-state index in [1.165, 1.54) is 16.7 Å². The van der Waals surface area contributed by atoms with Crippen molar-refractivity contribution in [3.05, 3.63) is 64.1 Å². The van der Waals surface area contributed by atoms with Crippen LogP contribution in [0.5, 0.6) is 0 Å². The zero-order valence-corrected chi connectivity index (χ0v) is 20.6. The molecule has 0 amide bonds. The lowest BCUT2D eigenvalue weighted by Gasteiger charge is -2.16. The van der Waals surface area contributed by atoms with Gasteiger partial charge in [-0.2, -0.15) is 13.2 Å². The number of pyridine rings is 1. The van der Waals surface area contributed by atoms with Crippen molar-refractivity contribution in [2.75, 3.05) is 25.4 Å². The molecule has 2 aromatic heterocycles. The maximum absolute atomic E-state index is 12.8. The zero-order valence-electron chi connectivity index (χ0n) is 19.8. The number of alkyl halides is 3. The third-order valence-corrected chi connectivity index (χ3v) is 8.45. The summed E-state index contributed by atoms with van der Waals surface area (Å²) in [6.45, 7) is 3.05. The van der Waals surface area contributed by atoms with E-state index in [1.54, 1.807) is 43.2 Å². The van der Waals surface area contributed by atoms with Gasteiger partial charge in [-0.05, 0) is 67.4 Å². The van der Waals surface area contributed by atoms with Gasteiger partial charge in [0.15, 0.2) is 11.0 Å². The SMILES string of the molecule is Cn1c(SCCCN2CCC3(CC3c3ccc(C(F)(F)F)cc3)C2)nnc1-c1ccn(C)c(=O)c1. The fraction of sp³-hybridized carbons (Fsp3) is 0.480. The van der Waals surface area contributed by atoms with Crippen LogP contribution >= 0.6 is 11.8 Å². The van der Waals surface area contributed by atoms with E-state index in [9.17, 15) is 18.0 Å². The normalized spacial score (nSPS) is 22.3. The lowest BCUT2D eigenvalue weighted by atomic mass is 9.97. The van der Waals surface area contributed by atoms with Gasteiger partial charge in [0.25, 0.3) is 5.56 Å². The average molecular weight is 504 g/mol. The Hall–Kier alpha value is -2.59. The average Bonchev–Trinajstić information content (AvgIpc) is 3.16. The molecule has 10 heteroatoms. The van der Waals surface area contributed by atoms with Gasteiger partial charge in [0.2, 0.25) is 0 Å². The van der Waals surface area contributed by atoms with Crippen molar-refractivity contribution < 1.29 is 13.2 Å². The third kappa shape index (κ3) is 4.91. The van der Waals surface area contributed by atoms with E-state index in [4.69, 9.17) is 0 Å². The van der Waals surface area contributed by atoms with Crippen molar-refractivity contribution in [1.82, 2.24) is 24.2 Å². The Labute approximate surface area is 206 Å². The lowest BCUT2D eigenvalue weighted by Crippen LogP contribution is -2.23. The molecule has 35 heavy (non-hydrogen) atoms. The first-order chi connectivity index (χ1) is 16.7. The monoisotopic (exact) mass is 503 g/mol. The van der Waals surface area contributed by atoms with E-state index < -0.39 is 11.7 Å². The maximum Gasteiger partial charge on any atom is 0.416 e. The van der Waals surface area contributed by atoms with Crippen LogP contribution in [0.4, 0.5) is 13.2 Å². The summed E-state index contributed by atoms with van der Waals surface area (Å²) in [4.78, 5) is 14.4. The number of hydrogen-bond acceptors (Lipinski definition) is 5. The molecular weight excluding hydrogens is 475 g/mol. The highest BCUT2D eigenvalue weighted by Gasteiger charge is 2.57. The van der Waals surface area contributed by atoms with Gasteiger partial charge in [0.05, 0.1) is 5.56 Å². The Bertz CT molecular complexity index is 1270. The van der Waals surface area contributed by atoms with Gasteiger partial charge in [0.1, 0.15) is 0 Å². The standard InChI is InChI=1S/C25H28F3N5OS/c1-31-11-8-18(14-21(31)34)22-29-30-23(32(22)2)35-13-3-10-33-12-9-24(16-33)15-20(24)17-4-6-19(7-5-17)25(26,27)28/h4-8,11,14,20H,3,9-10,12-13,15-16H2,1-2H3. The molecule has 0 N–H and O–H groups in total. The van der Waals surface area contributed by atoms with Gasteiger partial charge >= 0.3 is 6.18 Å². The van der Waals surface area contributed by atoms with Crippen LogP contribution in [0.1, 0.15) is 36.3 Å². The molecule has 0 radical (unpaired) electrons. The molecule has 2 unspecified atom stereocenters. The second-order valence-electron chi connectivity index (χ2n) is 9.70. The van der Waals surface area contributed by atoms with Gasteiger partial charge in [-0.15, -0.1) is 10.2 Å². The van der Waals surface area contributed by atoms with Crippen molar-refractivity contribution in [2.24, 2.45) is 19.5 Å². The Balaban J connectivity index is 1.10. The number of halogens is 3. The van der Waals surface area contributed by atoms with Gasteiger partial charge in [-0.3, -0.25) is 4.79 Å². The summed E-state index contributed by atoms with van der Waals surface area (Å²) >= 11 is 1.66. The van der Waals surface area contributed by atoms with Crippen LogP contribution in [0, 0.1) is 5.41 Å². The Morgan fingerprint density at radius 3 is 2.63 bits per heavy atom. The first-order valence-corrected chi connectivity index (χ1v) is 12.7. The van der Waals surface area contributed by atoms with Crippen LogP contribution in [-0.2, 0) is 20.3 Å². The molecule has 186 valence electrons. The molecule has 1 aliphatic carbocycles. The summed E-state index contributed by atoms with van der Waals surface area (Å²) in [5, 5.41) is 9.38. The number of hydrogen-bond donors (Lipinski definition) is 0. The molecule has 2 aliphatic rings. The van der Waals surface area contributed by atoms with Crippen LogP contribution in [0.15, 0.2) is 52.5 Å². The summed E-state index contributed by atoms with van der Waals surface area (Å²) in [5.74, 6) is 1.96. The minimum atomic E-state index is -4.28. The van der Waals surface area contributed by atoms with Crippen LogP contribution < -0.4 is 5.56 Å². The van der Waals surface area contributed by atoms with Crippen molar-refractivity contribution >= 4 is 11.8 Å². The molecule has 1 saturated heterocycles. The Kier molecular flexibility index (Phi) is 6.29. The quantitative estimate of drug-likeness (QED) is 0.350. The third-order valence-electron chi connectivity index (χ3n) is 7.34. The zero-order chi connectivity index (χ0) is 24.8. The van der Waals surface area contributed by atoms with Crippen LogP contribution in [0.3, 0.4) is 0 Å². The number of benzene rings is 1. The highest BCUT2D eigenvalue weighted by atomic mass is 32.2. The van der Waals surface area contributed by atoms with Gasteiger partial charge in [-0.1, -0.05) is 23.9 Å². The van der Waals surface area contributed by atoms with Crippen molar-refractivity contribution in [3.8, 4) is 11.4 Å². The number of rotatable bonds is 7. The first kappa shape index (κ1) is 24.1. The predicted octanol–water partition coefficient (Wildman–Crippen LogP) is 4.56. The molecule has 1 spiro atoms. The maximum atomic E-state index is 12.8. The second kappa shape index (κ2) is 9.13. The molecule has 2 fully saturated rings. The molecule has 2 atom stereocenters. The largest absolute Gasteiger partial charge is 0.416 e. The molecule has 6 nitrogen and oxygen atoms in total. The number of aryl methyl sites for hydroxylation is 1. The summed E-state index contributed by atoms with van der Waals surface area (Å²) in [5.41, 5.74) is 1.36. The van der Waals surface area contributed by atoms with Crippen LogP contribution in [-0.4, -0.2) is 49.6 Å². The van der Waals surface area contributed by atoms with Gasteiger partial charge in [0, 0.05) is 44.2 Å². The topological polar surface area (TPSA) is 56.0 Å². The Morgan fingerprint density at radius 2 is 1.91 bits per heavy atom. The van der Waals surface area contributed by atoms with Crippen molar-refractivity contribution in [1.29, 1.82) is 0 Å². The van der Waals surface area contributed by atoms with Gasteiger partial charge < -0.3 is 14.0 Å². The van der Waals surface area contributed by atoms with Crippen LogP contribution in [0.25, 0.3) is 11.4 Å². The summed E-state index contributed by atoms with van der Waals surface area (Å²) in [6.07, 6.45) is 0.626. The minimum absolute atomic E-state index is 0.0840. The van der Waals surface area contributed by atoms with Crippen molar-refractivity contribution in [3.63, 3.8) is 0 Å². The molecular formula is C25H28F3N5OS. The molecule has 1 aliphatic heterocycles. The molecule has 1 aromatic carbocycles. The highest BCUT2D eigenvalue weighted by Crippen LogP contribution is 2.64. The van der Waals surface area contributed by atoms with E-state index in [0.717, 1.165) is 60.9 Å². The molecule has 3 heterocycles. The van der Waals surface area contributed by atoms with Crippen LogP contribution in [0.2, 0.25) is 0 Å². The smallest absolute Gasteiger partial charge is 0.319 e. The van der Waals surface area contributed by atoms with Crippen molar-refractivity contribution in [2.45, 2.75) is 36.5 Å². The van der Waals surface area contributed by atoms with E-state index in [-0.39, 0.29) is 11.0 Å². The number of nitrogens with zero attached hydrogens (tertiary/aromatic N) is 5. The second-order valence-corrected chi connectivity index (χ2v) is 10.8. The van der Waals surface area contributed by atoms with E-state index in [1.807, 2.05) is 17.7 Å².